The van der Waals surface area contributed by atoms with Crippen molar-refractivity contribution in [3.8, 4) is 0 Å². The molecule has 1 saturated heterocycles. The van der Waals surface area contributed by atoms with E-state index < -0.39 is 10.0 Å². The van der Waals surface area contributed by atoms with Crippen LogP contribution < -0.4 is 14.9 Å². The van der Waals surface area contributed by atoms with Gasteiger partial charge in [0.2, 0.25) is 15.9 Å². The number of aryl methyl sites for hydroxylation is 1. The number of carbonyl (C=O) groups excluding carboxylic acids is 1. The van der Waals surface area contributed by atoms with Crippen molar-refractivity contribution in [2.45, 2.75) is 69.2 Å². The van der Waals surface area contributed by atoms with Crippen LogP contribution in [0.2, 0.25) is 0 Å². The van der Waals surface area contributed by atoms with E-state index in [1.807, 2.05) is 37.3 Å². The van der Waals surface area contributed by atoms with Gasteiger partial charge in [-0.2, -0.15) is 0 Å². The first-order valence-electron chi connectivity index (χ1n) is 11.8. The van der Waals surface area contributed by atoms with Gasteiger partial charge in [0.25, 0.3) is 0 Å². The van der Waals surface area contributed by atoms with E-state index in [-0.39, 0.29) is 16.8 Å². The molecule has 0 spiro atoms. The SMILES string of the molecule is CCCCC(=O)Nc1ccc(N2CCCC2)c(S(=O)(=O)NC2CCCc3ccccc32)c1. The van der Waals surface area contributed by atoms with Crippen LogP contribution in [0, 0.1) is 0 Å². The Kier molecular flexibility index (Phi) is 7.16. The van der Waals surface area contributed by atoms with Crippen LogP contribution in [0.15, 0.2) is 47.4 Å². The predicted octanol–water partition coefficient (Wildman–Crippen LogP) is 4.77. The topological polar surface area (TPSA) is 78.5 Å². The highest BCUT2D eigenvalue weighted by atomic mass is 32.2. The highest BCUT2D eigenvalue weighted by molar-refractivity contribution is 7.89. The van der Waals surface area contributed by atoms with Gasteiger partial charge in [0.15, 0.2) is 0 Å². The van der Waals surface area contributed by atoms with Gasteiger partial charge >= 0.3 is 0 Å². The predicted molar refractivity (Wildman–Crippen MR) is 128 cm³/mol. The summed E-state index contributed by atoms with van der Waals surface area (Å²) in [7, 11) is -3.79. The maximum atomic E-state index is 13.6. The summed E-state index contributed by atoms with van der Waals surface area (Å²) in [5.74, 6) is -0.0849. The first-order valence-corrected chi connectivity index (χ1v) is 13.3. The lowest BCUT2D eigenvalue weighted by molar-refractivity contribution is -0.116. The second-order valence-electron chi connectivity index (χ2n) is 8.79. The number of unbranched alkanes of at least 4 members (excludes halogenated alkanes) is 1. The molecule has 1 unspecified atom stereocenters. The van der Waals surface area contributed by atoms with Crippen molar-refractivity contribution in [2.24, 2.45) is 0 Å². The van der Waals surface area contributed by atoms with Gasteiger partial charge in [0.05, 0.1) is 5.69 Å². The van der Waals surface area contributed by atoms with Gasteiger partial charge in [-0.25, -0.2) is 13.1 Å². The molecule has 0 aromatic heterocycles. The van der Waals surface area contributed by atoms with Crippen molar-refractivity contribution in [2.75, 3.05) is 23.3 Å². The number of rotatable bonds is 8. The molecule has 6 nitrogen and oxygen atoms in total. The van der Waals surface area contributed by atoms with E-state index in [2.05, 4.69) is 21.0 Å². The van der Waals surface area contributed by atoms with Crippen LogP contribution in [0.25, 0.3) is 0 Å². The Morgan fingerprint density at radius 1 is 1.09 bits per heavy atom. The number of amides is 1. The smallest absolute Gasteiger partial charge is 0.243 e. The van der Waals surface area contributed by atoms with Crippen molar-refractivity contribution in [1.29, 1.82) is 0 Å². The molecule has 4 rings (SSSR count). The molecule has 172 valence electrons. The molecule has 1 heterocycles. The third-order valence-electron chi connectivity index (χ3n) is 6.40. The number of hydrogen-bond donors (Lipinski definition) is 2. The molecular formula is C25H33N3O3S. The largest absolute Gasteiger partial charge is 0.370 e. The Bertz CT molecular complexity index is 1060. The van der Waals surface area contributed by atoms with E-state index in [9.17, 15) is 13.2 Å². The molecule has 1 aliphatic heterocycles. The second-order valence-corrected chi connectivity index (χ2v) is 10.5. The number of carbonyl (C=O) groups is 1. The van der Waals surface area contributed by atoms with Crippen molar-refractivity contribution in [1.82, 2.24) is 4.72 Å². The number of anilines is 2. The molecule has 2 N–H and O–H groups in total. The minimum Gasteiger partial charge on any atom is -0.370 e. The fourth-order valence-electron chi connectivity index (χ4n) is 4.71. The number of hydrogen-bond acceptors (Lipinski definition) is 4. The molecule has 7 heteroatoms. The number of benzene rings is 2. The zero-order chi connectivity index (χ0) is 22.6. The first kappa shape index (κ1) is 22.8. The van der Waals surface area contributed by atoms with Gasteiger partial charge in [0, 0.05) is 31.2 Å². The zero-order valence-corrected chi connectivity index (χ0v) is 19.6. The summed E-state index contributed by atoms with van der Waals surface area (Å²) in [4.78, 5) is 14.6. The lowest BCUT2D eigenvalue weighted by Crippen LogP contribution is -2.32. The number of nitrogens with zero attached hydrogens (tertiary/aromatic N) is 1. The molecule has 2 aromatic carbocycles. The molecule has 32 heavy (non-hydrogen) atoms. The quantitative estimate of drug-likeness (QED) is 0.601. The monoisotopic (exact) mass is 455 g/mol. The Hall–Kier alpha value is -2.38. The fraction of sp³-hybridized carbons (Fsp3) is 0.480. The zero-order valence-electron chi connectivity index (χ0n) is 18.8. The Labute approximate surface area is 191 Å². The summed E-state index contributed by atoms with van der Waals surface area (Å²) in [6, 6.07) is 13.1. The molecular weight excluding hydrogens is 422 g/mol. The van der Waals surface area contributed by atoms with Crippen molar-refractivity contribution < 1.29 is 13.2 Å². The van der Waals surface area contributed by atoms with Crippen LogP contribution in [0.5, 0.6) is 0 Å². The lowest BCUT2D eigenvalue weighted by Gasteiger charge is -2.28. The summed E-state index contributed by atoms with van der Waals surface area (Å²) < 4.78 is 30.3. The maximum Gasteiger partial charge on any atom is 0.243 e. The summed E-state index contributed by atoms with van der Waals surface area (Å²) >= 11 is 0. The van der Waals surface area contributed by atoms with E-state index >= 15 is 0 Å². The van der Waals surface area contributed by atoms with Gasteiger partial charge in [0.1, 0.15) is 4.90 Å². The van der Waals surface area contributed by atoms with Crippen molar-refractivity contribution >= 4 is 27.3 Å². The van der Waals surface area contributed by atoms with E-state index in [1.54, 1.807) is 6.07 Å². The van der Waals surface area contributed by atoms with Crippen molar-refractivity contribution in [3.05, 3.63) is 53.6 Å². The molecule has 1 atom stereocenters. The third kappa shape index (κ3) is 5.15. The van der Waals surface area contributed by atoms with E-state index in [0.29, 0.717) is 17.8 Å². The molecule has 0 saturated carbocycles. The summed E-state index contributed by atoms with van der Waals surface area (Å²) in [6.07, 6.45) is 7.01. The second kappa shape index (κ2) is 10.0. The number of nitrogens with one attached hydrogen (secondary N) is 2. The highest BCUT2D eigenvalue weighted by Gasteiger charge is 2.29. The van der Waals surface area contributed by atoms with E-state index in [4.69, 9.17) is 0 Å². The average Bonchev–Trinajstić information content (AvgIpc) is 3.32. The highest BCUT2D eigenvalue weighted by Crippen LogP contribution is 2.35. The first-order chi connectivity index (χ1) is 15.5. The Balaban J connectivity index is 1.64. The van der Waals surface area contributed by atoms with Gasteiger partial charge < -0.3 is 10.2 Å². The standard InChI is InChI=1S/C25H33N3O3S/c1-2-3-13-25(29)26-20-14-15-23(28-16-6-7-17-28)24(18-20)32(30,31)27-22-12-8-10-19-9-4-5-11-21(19)22/h4-5,9,11,14-15,18,22,27H,2-3,6-8,10,12-13,16-17H2,1H3,(H,26,29). The molecule has 2 aliphatic rings. The van der Waals surface area contributed by atoms with Crippen LogP contribution in [0.1, 0.15) is 69.0 Å². The molecule has 2 aromatic rings. The minimum absolute atomic E-state index is 0.0849. The normalized spacial score (nSPS) is 18.4. The van der Waals surface area contributed by atoms with Crippen LogP contribution >= 0.6 is 0 Å². The van der Waals surface area contributed by atoms with Crippen LogP contribution in [-0.4, -0.2) is 27.4 Å². The van der Waals surface area contributed by atoms with Crippen LogP contribution in [-0.2, 0) is 21.2 Å². The maximum absolute atomic E-state index is 13.6. The van der Waals surface area contributed by atoms with E-state index in [0.717, 1.165) is 63.6 Å². The number of fused-ring (bicyclic) bond motifs is 1. The average molecular weight is 456 g/mol. The molecule has 1 fully saturated rings. The molecule has 1 amide bonds. The Morgan fingerprint density at radius 2 is 1.88 bits per heavy atom. The molecule has 0 bridgehead atoms. The molecule has 1 aliphatic carbocycles. The van der Waals surface area contributed by atoms with E-state index in [1.165, 1.54) is 5.56 Å². The third-order valence-corrected chi connectivity index (χ3v) is 7.90. The summed E-state index contributed by atoms with van der Waals surface area (Å²) in [6.45, 7) is 3.73. The van der Waals surface area contributed by atoms with Gasteiger partial charge in [-0.3, -0.25) is 4.79 Å². The fourth-order valence-corrected chi connectivity index (χ4v) is 6.22. The van der Waals surface area contributed by atoms with Crippen LogP contribution in [0.3, 0.4) is 0 Å². The van der Waals surface area contributed by atoms with Crippen molar-refractivity contribution in [3.63, 3.8) is 0 Å². The van der Waals surface area contributed by atoms with Gasteiger partial charge in [-0.1, -0.05) is 37.6 Å². The van der Waals surface area contributed by atoms with Gasteiger partial charge in [-0.05, 0) is 67.9 Å². The summed E-state index contributed by atoms with van der Waals surface area (Å²) in [5, 5.41) is 2.88. The lowest BCUT2D eigenvalue weighted by atomic mass is 9.88. The number of sulfonamides is 1. The molecule has 0 radical (unpaired) electrons. The Morgan fingerprint density at radius 3 is 2.66 bits per heavy atom. The van der Waals surface area contributed by atoms with Crippen LogP contribution in [0.4, 0.5) is 11.4 Å². The van der Waals surface area contributed by atoms with Gasteiger partial charge in [-0.15, -0.1) is 0 Å². The minimum atomic E-state index is -3.79. The summed E-state index contributed by atoms with van der Waals surface area (Å²) in [5.41, 5.74) is 3.52.